The fraction of sp³-hybridized carbons (Fsp3) is 0.600. The summed E-state index contributed by atoms with van der Waals surface area (Å²) >= 11 is -0.637. The molecule has 0 N–H and O–H groups in total. The van der Waals surface area contributed by atoms with Crippen LogP contribution in [0, 0.1) is 0 Å². The number of hydrogen-bond donors (Lipinski definition) is 0. The van der Waals surface area contributed by atoms with Crippen molar-refractivity contribution < 1.29 is 23.2 Å². The van der Waals surface area contributed by atoms with Crippen LogP contribution in [0.4, 0.5) is 0 Å². The third kappa shape index (κ3) is 6.96. The molecule has 42 heavy (non-hydrogen) atoms. The van der Waals surface area contributed by atoms with Crippen LogP contribution in [0.1, 0.15) is 175 Å². The molecule has 1 heterocycles. The van der Waals surface area contributed by atoms with Gasteiger partial charge in [-0.25, -0.2) is 0 Å². The van der Waals surface area contributed by atoms with Crippen molar-refractivity contribution in [2.45, 2.75) is 151 Å². The summed E-state index contributed by atoms with van der Waals surface area (Å²) in [5.74, 6) is 3.42. The summed E-state index contributed by atoms with van der Waals surface area (Å²) in [6, 6.07) is 13.6. The fourth-order valence-electron chi connectivity index (χ4n) is 7.77. The van der Waals surface area contributed by atoms with Crippen molar-refractivity contribution in [2.75, 3.05) is 0 Å². The first kappa shape index (κ1) is 33.9. The van der Waals surface area contributed by atoms with Gasteiger partial charge in [0.1, 0.15) is 0 Å². The number of hydrogen-bond acceptors (Lipinski definition) is 0. The van der Waals surface area contributed by atoms with Gasteiger partial charge < -0.3 is 0 Å². The molecule has 1 saturated heterocycles. The molecule has 2 unspecified atom stereocenters. The van der Waals surface area contributed by atoms with E-state index in [9.17, 15) is 0 Å². The predicted octanol–water partition coefficient (Wildman–Crippen LogP) is 12.4. The van der Waals surface area contributed by atoms with E-state index < -0.39 is 23.2 Å². The molecule has 0 aromatic heterocycles. The second-order valence-corrected chi connectivity index (χ2v) is 19.7. The molecule has 0 saturated carbocycles. The van der Waals surface area contributed by atoms with Crippen LogP contribution in [0.25, 0.3) is 12.2 Å². The average Bonchev–Trinajstić information content (AvgIpc) is 3.72. The van der Waals surface area contributed by atoms with E-state index in [4.69, 9.17) is 0 Å². The Labute approximate surface area is 274 Å². The molecule has 5 rings (SSSR count). The molecular formula is C40H60SiZr. The van der Waals surface area contributed by atoms with Gasteiger partial charge in [-0.15, -0.1) is 0 Å². The first-order valence-corrected chi connectivity index (χ1v) is 23.3. The van der Waals surface area contributed by atoms with Crippen LogP contribution in [-0.4, -0.2) is 9.52 Å². The SMILES string of the molecule is C1CC[SiH2]C1.CCC1=Cc2c(C(C)C)cc(C(C)C)cc2C1[CH]([Zr][CH3])C1C(CC)=Cc2c(C(C)C)cc(C(C)C)cc21. The van der Waals surface area contributed by atoms with Crippen LogP contribution >= 0.6 is 0 Å². The molecule has 1 aliphatic heterocycles. The first-order valence-electron chi connectivity index (χ1n) is 17.5. The topological polar surface area (TPSA) is 0 Å². The van der Waals surface area contributed by atoms with Crippen LogP contribution in [0.2, 0.25) is 20.3 Å². The average molecular weight is 660 g/mol. The molecule has 1 fully saturated rings. The Bertz CT molecular complexity index is 1190. The summed E-state index contributed by atoms with van der Waals surface area (Å²) in [5.41, 5.74) is 16.0. The summed E-state index contributed by atoms with van der Waals surface area (Å²) in [6.07, 6.45) is 10.7. The standard InChI is InChI=1S/C35H47.C4H10Si.CH3.Zr/c1-11-24-13-32-28(22(7)8)15-26(20(3)4)17-34(32)30(24)19-31-25(12-2)14-33-29(23(9)10)16-27(21(5)6)18-35(31)33;1-2-4-5-3-1;;/h13-23,30-31H,11-12H2,1-10H3;1-5H2;1H3;. The van der Waals surface area contributed by atoms with Crippen molar-refractivity contribution in [2.24, 2.45) is 0 Å². The molecule has 0 radical (unpaired) electrons. The summed E-state index contributed by atoms with van der Waals surface area (Å²) in [6.45, 7) is 23.8. The Balaban J connectivity index is 0.000000732. The van der Waals surface area contributed by atoms with Gasteiger partial charge in [-0.05, 0) is 0 Å². The molecule has 0 spiro atoms. The molecule has 2 aromatic carbocycles. The summed E-state index contributed by atoms with van der Waals surface area (Å²) in [4.78, 5) is 0. The van der Waals surface area contributed by atoms with Crippen LogP contribution in [0.5, 0.6) is 0 Å². The first-order chi connectivity index (χ1) is 20.0. The quantitative estimate of drug-likeness (QED) is 0.235. The van der Waals surface area contributed by atoms with Crippen LogP contribution < -0.4 is 0 Å². The number of rotatable bonds is 9. The second-order valence-electron chi connectivity index (χ2n) is 14.5. The van der Waals surface area contributed by atoms with E-state index >= 15 is 0 Å². The predicted molar refractivity (Wildman–Crippen MR) is 188 cm³/mol. The molecule has 3 aliphatic rings. The van der Waals surface area contributed by atoms with Gasteiger partial charge in [0.15, 0.2) is 0 Å². The second kappa shape index (κ2) is 14.9. The Kier molecular flexibility index (Phi) is 12.0. The number of allylic oxidation sites excluding steroid dienone is 2. The summed E-state index contributed by atoms with van der Waals surface area (Å²) < 4.78 is 3.38. The number of fused-ring (bicyclic) bond motifs is 2. The van der Waals surface area contributed by atoms with Gasteiger partial charge >= 0.3 is 241 Å². The fourth-order valence-corrected chi connectivity index (χ4v) is 13.1. The molecule has 2 heteroatoms. The van der Waals surface area contributed by atoms with Crippen LogP contribution in [-0.2, 0) is 23.2 Å². The molecule has 0 amide bonds. The van der Waals surface area contributed by atoms with Gasteiger partial charge in [-0.2, -0.15) is 0 Å². The van der Waals surface area contributed by atoms with Crippen molar-refractivity contribution in [3.63, 3.8) is 0 Å². The van der Waals surface area contributed by atoms with Gasteiger partial charge in [0.25, 0.3) is 0 Å². The van der Waals surface area contributed by atoms with Crippen molar-refractivity contribution in [3.8, 4) is 0 Å². The zero-order valence-corrected chi connectivity index (χ0v) is 32.8. The molecule has 2 aliphatic carbocycles. The van der Waals surface area contributed by atoms with E-state index in [2.05, 4.69) is 110 Å². The maximum absolute atomic E-state index is 2.62. The van der Waals surface area contributed by atoms with Gasteiger partial charge in [0.2, 0.25) is 0 Å². The summed E-state index contributed by atoms with van der Waals surface area (Å²) in [5, 5.41) is 0. The van der Waals surface area contributed by atoms with E-state index in [1.165, 1.54) is 11.1 Å². The molecule has 0 bridgehead atoms. The Morgan fingerprint density at radius 3 is 1.31 bits per heavy atom. The van der Waals surface area contributed by atoms with Crippen LogP contribution in [0.3, 0.4) is 0 Å². The Hall–Kier alpha value is -0.980. The third-order valence-electron chi connectivity index (χ3n) is 10.4. The molecule has 2 atom stereocenters. The van der Waals surface area contributed by atoms with Gasteiger partial charge in [-0.1, -0.05) is 24.9 Å². The zero-order chi connectivity index (χ0) is 30.7. The normalized spacial score (nSPS) is 20.1. The van der Waals surface area contributed by atoms with E-state index in [1.807, 2.05) is 0 Å². The van der Waals surface area contributed by atoms with Crippen molar-refractivity contribution in [1.29, 1.82) is 0 Å². The minimum absolute atomic E-state index is 0.543. The van der Waals surface area contributed by atoms with Crippen molar-refractivity contribution >= 4 is 21.7 Å². The van der Waals surface area contributed by atoms with Crippen molar-refractivity contribution in [1.82, 2.24) is 0 Å². The molecule has 228 valence electrons. The van der Waals surface area contributed by atoms with E-state index in [-0.39, 0.29) is 0 Å². The van der Waals surface area contributed by atoms with E-state index in [0.29, 0.717) is 45.0 Å². The maximum atomic E-state index is 2.62. The monoisotopic (exact) mass is 658 g/mol. The van der Waals surface area contributed by atoms with Crippen molar-refractivity contribution in [3.05, 3.63) is 79.9 Å². The van der Waals surface area contributed by atoms with E-state index in [1.54, 1.807) is 69.5 Å². The molecule has 0 nitrogen and oxygen atoms in total. The van der Waals surface area contributed by atoms with Crippen LogP contribution in [0.15, 0.2) is 35.4 Å². The van der Waals surface area contributed by atoms with Gasteiger partial charge in [0.05, 0.1) is 0 Å². The Morgan fingerprint density at radius 1 is 0.643 bits per heavy atom. The van der Waals surface area contributed by atoms with Gasteiger partial charge in [0, 0.05) is 9.52 Å². The summed E-state index contributed by atoms with van der Waals surface area (Å²) in [7, 11) is 0.543. The third-order valence-corrected chi connectivity index (χ3v) is 15.6. The molecule has 2 aromatic rings. The number of benzene rings is 2. The Morgan fingerprint density at radius 2 is 1.05 bits per heavy atom. The van der Waals surface area contributed by atoms with E-state index in [0.717, 1.165) is 16.5 Å². The zero-order valence-electron chi connectivity index (χ0n) is 29.0. The minimum atomic E-state index is -0.637. The van der Waals surface area contributed by atoms with Gasteiger partial charge in [-0.3, -0.25) is 0 Å². The molecular weight excluding hydrogens is 600 g/mol.